The monoisotopic (exact) mass is 328 g/mol. The highest BCUT2D eigenvalue weighted by atomic mass is 32.2. The van der Waals surface area contributed by atoms with E-state index in [1.807, 2.05) is 42.5 Å². The van der Waals surface area contributed by atoms with E-state index in [-0.39, 0.29) is 42.3 Å². The summed E-state index contributed by atoms with van der Waals surface area (Å²) in [4.78, 5) is 36.2. The van der Waals surface area contributed by atoms with Crippen molar-refractivity contribution in [2.75, 3.05) is 18.8 Å². The van der Waals surface area contributed by atoms with Gasteiger partial charge in [0.15, 0.2) is 0 Å². The Morgan fingerprint density at radius 3 is 2.70 bits per heavy atom. The van der Waals surface area contributed by atoms with E-state index in [4.69, 9.17) is 0 Å². The van der Waals surface area contributed by atoms with Crippen LogP contribution in [0.15, 0.2) is 42.5 Å². The van der Waals surface area contributed by atoms with Crippen LogP contribution in [0.3, 0.4) is 0 Å². The fraction of sp³-hybridized carbons (Fsp3) is 0.235. The minimum Gasteiger partial charge on any atom is -0.354 e. The van der Waals surface area contributed by atoms with Crippen molar-refractivity contribution in [3.05, 3.63) is 48.0 Å². The lowest BCUT2D eigenvalue weighted by Gasteiger charge is -2.13. The number of benzene rings is 2. The van der Waals surface area contributed by atoms with Gasteiger partial charge in [-0.15, -0.1) is 0 Å². The highest BCUT2D eigenvalue weighted by molar-refractivity contribution is 8.14. The molecule has 5 nitrogen and oxygen atoms in total. The molecule has 0 spiro atoms. The summed E-state index contributed by atoms with van der Waals surface area (Å²) < 4.78 is 0. The molecule has 1 aliphatic heterocycles. The number of fused-ring (bicyclic) bond motifs is 1. The molecule has 1 fully saturated rings. The van der Waals surface area contributed by atoms with Gasteiger partial charge in [0, 0.05) is 13.1 Å². The molecular weight excluding hydrogens is 312 g/mol. The smallest absolute Gasteiger partial charge is 0.288 e. The van der Waals surface area contributed by atoms with E-state index in [1.54, 1.807) is 0 Å². The highest BCUT2D eigenvalue weighted by Crippen LogP contribution is 2.19. The second-order valence-corrected chi connectivity index (χ2v) is 6.19. The fourth-order valence-corrected chi connectivity index (χ4v) is 3.34. The molecule has 118 valence electrons. The molecule has 1 saturated heterocycles. The van der Waals surface area contributed by atoms with E-state index in [9.17, 15) is 14.4 Å². The number of carbonyl (C=O) groups is 3. The molecule has 6 heteroatoms. The summed E-state index contributed by atoms with van der Waals surface area (Å²) in [5.74, 6) is -0.112. The Bertz CT molecular complexity index is 754. The van der Waals surface area contributed by atoms with Crippen LogP contribution < -0.4 is 5.32 Å². The Hall–Kier alpha value is -2.34. The number of imide groups is 1. The van der Waals surface area contributed by atoms with Crippen molar-refractivity contribution >= 4 is 39.6 Å². The topological polar surface area (TPSA) is 66.5 Å². The van der Waals surface area contributed by atoms with Crippen LogP contribution in [-0.2, 0) is 16.0 Å². The van der Waals surface area contributed by atoms with E-state index in [2.05, 4.69) is 5.32 Å². The van der Waals surface area contributed by atoms with Gasteiger partial charge in [0.2, 0.25) is 11.8 Å². The summed E-state index contributed by atoms with van der Waals surface area (Å²) >= 11 is 1.00. The van der Waals surface area contributed by atoms with Crippen molar-refractivity contribution in [3.8, 4) is 0 Å². The molecular formula is C17H16N2O3S. The van der Waals surface area contributed by atoms with Crippen LogP contribution in [0.5, 0.6) is 0 Å². The zero-order valence-corrected chi connectivity index (χ0v) is 13.3. The first kappa shape index (κ1) is 15.6. The fourth-order valence-electron chi connectivity index (χ4n) is 2.59. The number of rotatable bonds is 5. The average molecular weight is 328 g/mol. The van der Waals surface area contributed by atoms with E-state index in [0.29, 0.717) is 0 Å². The van der Waals surface area contributed by atoms with Gasteiger partial charge in [-0.05, 0) is 16.3 Å². The Balaban J connectivity index is 1.57. The van der Waals surface area contributed by atoms with Gasteiger partial charge in [-0.25, -0.2) is 0 Å². The number of thioether (sulfide) groups is 1. The van der Waals surface area contributed by atoms with Gasteiger partial charge in [-0.3, -0.25) is 19.3 Å². The number of hydrogen-bond acceptors (Lipinski definition) is 4. The molecule has 0 saturated carbocycles. The number of nitrogens with one attached hydrogen (secondary N) is 1. The Labute approximate surface area is 138 Å². The summed E-state index contributed by atoms with van der Waals surface area (Å²) in [5.41, 5.74) is 0.962. The molecule has 2 aromatic carbocycles. The third-order valence-corrected chi connectivity index (χ3v) is 4.59. The number of amides is 3. The van der Waals surface area contributed by atoms with Gasteiger partial charge in [0.1, 0.15) is 0 Å². The van der Waals surface area contributed by atoms with Crippen molar-refractivity contribution in [3.63, 3.8) is 0 Å². The largest absolute Gasteiger partial charge is 0.354 e. The second-order valence-electron chi connectivity index (χ2n) is 5.26. The van der Waals surface area contributed by atoms with Gasteiger partial charge in [0.25, 0.3) is 5.24 Å². The maximum absolute atomic E-state index is 12.1. The summed E-state index contributed by atoms with van der Waals surface area (Å²) in [6, 6.07) is 13.8. The third kappa shape index (κ3) is 3.53. The summed E-state index contributed by atoms with van der Waals surface area (Å²) in [5, 5.41) is 4.69. The standard InChI is InChI=1S/C17H16N2O3S/c20-15(18-8-9-19-16(21)11-23-17(19)22)10-13-6-3-5-12-4-1-2-7-14(12)13/h1-7H,8-11H2,(H,18,20). The van der Waals surface area contributed by atoms with Crippen LogP contribution in [0.1, 0.15) is 5.56 Å². The van der Waals surface area contributed by atoms with Crippen molar-refractivity contribution in [2.24, 2.45) is 0 Å². The second kappa shape index (κ2) is 6.83. The van der Waals surface area contributed by atoms with Crippen molar-refractivity contribution < 1.29 is 14.4 Å². The highest BCUT2D eigenvalue weighted by Gasteiger charge is 2.29. The number of nitrogens with zero attached hydrogens (tertiary/aromatic N) is 1. The maximum atomic E-state index is 12.1. The lowest BCUT2D eigenvalue weighted by Crippen LogP contribution is -2.37. The van der Waals surface area contributed by atoms with Crippen molar-refractivity contribution in [1.82, 2.24) is 10.2 Å². The van der Waals surface area contributed by atoms with Gasteiger partial charge >= 0.3 is 0 Å². The minimum absolute atomic E-state index is 0.117. The van der Waals surface area contributed by atoms with Crippen molar-refractivity contribution in [2.45, 2.75) is 6.42 Å². The molecule has 3 amide bonds. The van der Waals surface area contributed by atoms with Crippen LogP contribution in [0.4, 0.5) is 4.79 Å². The zero-order valence-electron chi connectivity index (χ0n) is 12.5. The number of carbonyl (C=O) groups excluding carboxylic acids is 3. The van der Waals surface area contributed by atoms with E-state index >= 15 is 0 Å². The predicted octanol–water partition coefficient (Wildman–Crippen LogP) is 2.19. The van der Waals surface area contributed by atoms with Gasteiger partial charge < -0.3 is 5.32 Å². The maximum Gasteiger partial charge on any atom is 0.288 e. The first-order valence-corrected chi connectivity index (χ1v) is 8.34. The average Bonchev–Trinajstić information content (AvgIpc) is 2.87. The Kier molecular flexibility index (Phi) is 4.62. The van der Waals surface area contributed by atoms with Crippen LogP contribution >= 0.6 is 11.8 Å². The molecule has 1 N–H and O–H groups in total. The van der Waals surface area contributed by atoms with E-state index in [1.165, 1.54) is 4.90 Å². The minimum atomic E-state index is -0.238. The molecule has 23 heavy (non-hydrogen) atoms. The van der Waals surface area contributed by atoms with Gasteiger partial charge in [-0.2, -0.15) is 0 Å². The molecule has 0 bridgehead atoms. The first-order chi connectivity index (χ1) is 11.1. The van der Waals surface area contributed by atoms with Crippen LogP contribution in [0.25, 0.3) is 10.8 Å². The van der Waals surface area contributed by atoms with Gasteiger partial charge in [0.05, 0.1) is 12.2 Å². The molecule has 2 aromatic rings. The first-order valence-electron chi connectivity index (χ1n) is 7.35. The van der Waals surface area contributed by atoms with Crippen LogP contribution in [0, 0.1) is 0 Å². The number of hydrogen-bond donors (Lipinski definition) is 1. The quantitative estimate of drug-likeness (QED) is 0.914. The lowest BCUT2D eigenvalue weighted by molar-refractivity contribution is -0.125. The molecule has 1 aliphatic rings. The molecule has 0 radical (unpaired) electrons. The Morgan fingerprint density at radius 1 is 1.13 bits per heavy atom. The predicted molar refractivity (Wildman–Crippen MR) is 90.2 cm³/mol. The SMILES string of the molecule is O=C(Cc1cccc2ccccc12)NCCN1C(=O)CSC1=O. The summed E-state index contributed by atoms with van der Waals surface area (Å²) in [7, 11) is 0. The summed E-state index contributed by atoms with van der Waals surface area (Å²) in [6.07, 6.45) is 0.276. The summed E-state index contributed by atoms with van der Waals surface area (Å²) in [6.45, 7) is 0.508. The molecule has 0 unspecified atom stereocenters. The van der Waals surface area contributed by atoms with Gasteiger partial charge in [-0.1, -0.05) is 54.2 Å². The third-order valence-electron chi connectivity index (χ3n) is 3.73. The van der Waals surface area contributed by atoms with Crippen molar-refractivity contribution in [1.29, 1.82) is 0 Å². The lowest BCUT2D eigenvalue weighted by atomic mass is 10.0. The molecule has 0 aliphatic carbocycles. The van der Waals surface area contributed by atoms with Crippen LogP contribution in [0.2, 0.25) is 0 Å². The molecule has 1 heterocycles. The molecule has 0 atom stereocenters. The Morgan fingerprint density at radius 2 is 1.91 bits per heavy atom. The van der Waals surface area contributed by atoms with E-state index in [0.717, 1.165) is 28.1 Å². The van der Waals surface area contributed by atoms with Crippen LogP contribution in [-0.4, -0.2) is 40.8 Å². The zero-order chi connectivity index (χ0) is 16.2. The normalized spacial score (nSPS) is 14.5. The molecule has 3 rings (SSSR count). The molecule has 0 aromatic heterocycles. The van der Waals surface area contributed by atoms with E-state index < -0.39 is 0 Å².